The minimum atomic E-state index is -0.942. The van der Waals surface area contributed by atoms with E-state index in [4.69, 9.17) is 10.4 Å². The van der Waals surface area contributed by atoms with Crippen molar-refractivity contribution in [2.45, 2.75) is 0 Å². The highest BCUT2D eigenvalue weighted by Crippen LogP contribution is 1.92. The third kappa shape index (κ3) is 4.30. The van der Waals surface area contributed by atoms with Crippen molar-refractivity contribution in [3.05, 3.63) is 30.1 Å². The molecule has 1 rings (SSSR count). The molecule has 0 bridgehead atoms. The molecule has 12 heavy (non-hydrogen) atoms. The smallest absolute Gasteiger partial charge is 0.337 e. The second-order valence-corrected chi connectivity index (χ2v) is 1.85. The summed E-state index contributed by atoms with van der Waals surface area (Å²) in [5.74, 6) is -0.942. The van der Waals surface area contributed by atoms with Crippen LogP contribution < -0.4 is 0 Å². The van der Waals surface area contributed by atoms with E-state index in [0.29, 0.717) is 0 Å². The molecule has 0 spiro atoms. The second kappa shape index (κ2) is 6.19. The molecule has 0 saturated heterocycles. The largest absolute Gasteiger partial charge is 0.478 e. The van der Waals surface area contributed by atoms with Crippen molar-refractivity contribution in [1.82, 2.24) is 4.98 Å². The number of thiol groups is 1. The predicted molar refractivity (Wildman–Crippen MR) is 45.8 cm³/mol. The summed E-state index contributed by atoms with van der Waals surface area (Å²) in [5, 5.41) is 17.0. The quantitative estimate of drug-likeness (QED) is 0.505. The van der Waals surface area contributed by atoms with Gasteiger partial charge in [-0.3, -0.25) is 4.98 Å². The fourth-order valence-corrected chi connectivity index (χ4v) is 0.489. The number of carboxylic acid groups (broad SMARTS) is 1. The lowest BCUT2D eigenvalue weighted by Crippen LogP contribution is -1.94. The molecule has 1 N–H and O–H groups in total. The van der Waals surface area contributed by atoms with Crippen molar-refractivity contribution in [3.63, 3.8) is 0 Å². The highest BCUT2D eigenvalue weighted by molar-refractivity contribution is 7.85. The summed E-state index contributed by atoms with van der Waals surface area (Å²) < 4.78 is 0. The molecule has 0 unspecified atom stereocenters. The molecule has 4 nitrogen and oxygen atoms in total. The van der Waals surface area contributed by atoms with Gasteiger partial charge in [-0.15, -0.1) is 0 Å². The number of hydrogen-bond donors (Lipinski definition) is 2. The lowest BCUT2D eigenvalue weighted by Gasteiger charge is -1.87. The van der Waals surface area contributed by atoms with Crippen LogP contribution in [0.5, 0.6) is 0 Å². The molecule has 1 heterocycles. The van der Waals surface area contributed by atoms with Gasteiger partial charge < -0.3 is 5.11 Å². The van der Waals surface area contributed by atoms with Crippen molar-refractivity contribution in [3.8, 4) is 5.40 Å². The Balaban J connectivity index is 0.000000354. The summed E-state index contributed by atoms with van der Waals surface area (Å²) in [6.45, 7) is 0. The molecular formula is C7H6N2O2S. The number of nitriles is 1. The number of carbonyl (C=O) groups is 1. The average Bonchev–Trinajstić information content (AvgIpc) is 2.07. The third-order valence-electron chi connectivity index (χ3n) is 0.908. The van der Waals surface area contributed by atoms with Crippen LogP contribution in [0.3, 0.4) is 0 Å². The van der Waals surface area contributed by atoms with Crippen LogP contribution in [0.2, 0.25) is 0 Å². The fourth-order valence-electron chi connectivity index (χ4n) is 0.489. The summed E-state index contributed by atoms with van der Waals surface area (Å²) in [4.78, 5) is 13.8. The van der Waals surface area contributed by atoms with Crippen LogP contribution in [0.15, 0.2) is 24.5 Å². The first-order valence-electron chi connectivity index (χ1n) is 2.89. The Kier molecular flexibility index (Phi) is 5.39. The van der Waals surface area contributed by atoms with Crippen LogP contribution in [-0.4, -0.2) is 16.1 Å². The fraction of sp³-hybridized carbons (Fsp3) is 0. The topological polar surface area (TPSA) is 74.0 Å². The molecule has 0 atom stereocenters. The lowest BCUT2D eigenvalue weighted by atomic mass is 10.3. The monoisotopic (exact) mass is 182 g/mol. The van der Waals surface area contributed by atoms with E-state index in [2.05, 4.69) is 17.6 Å². The number of pyridine rings is 1. The molecular weight excluding hydrogens is 176 g/mol. The van der Waals surface area contributed by atoms with Crippen LogP contribution >= 0.6 is 12.6 Å². The molecule has 5 heteroatoms. The molecule has 0 saturated carbocycles. The molecule has 0 aliphatic heterocycles. The number of thiocyanates is 1. The van der Waals surface area contributed by atoms with Gasteiger partial charge in [0.2, 0.25) is 0 Å². The Morgan fingerprint density at radius 3 is 2.58 bits per heavy atom. The van der Waals surface area contributed by atoms with Crippen LogP contribution in [0.25, 0.3) is 0 Å². The number of aromatic nitrogens is 1. The first kappa shape index (κ1) is 10.5. The molecule has 0 fully saturated rings. The summed E-state index contributed by atoms with van der Waals surface area (Å²) in [6, 6.07) is 3.08. The van der Waals surface area contributed by atoms with Gasteiger partial charge in [0, 0.05) is 12.4 Å². The van der Waals surface area contributed by atoms with E-state index < -0.39 is 5.97 Å². The minimum absolute atomic E-state index is 0.220. The number of carboxylic acids is 1. The molecule has 0 aliphatic carbocycles. The van der Waals surface area contributed by atoms with E-state index in [1.165, 1.54) is 23.9 Å². The van der Waals surface area contributed by atoms with Crippen molar-refractivity contribution in [2.75, 3.05) is 0 Å². The van der Waals surface area contributed by atoms with Crippen LogP contribution in [0, 0.1) is 10.7 Å². The van der Waals surface area contributed by atoms with Gasteiger partial charge in [-0.25, -0.2) is 4.79 Å². The van der Waals surface area contributed by atoms with Crippen molar-refractivity contribution >= 4 is 18.6 Å². The highest BCUT2D eigenvalue weighted by atomic mass is 32.1. The zero-order valence-electron chi connectivity index (χ0n) is 6.01. The van der Waals surface area contributed by atoms with E-state index >= 15 is 0 Å². The molecule has 0 radical (unpaired) electrons. The highest BCUT2D eigenvalue weighted by Gasteiger charge is 1.97. The Labute approximate surface area is 74.9 Å². The Morgan fingerprint density at radius 2 is 2.33 bits per heavy atom. The van der Waals surface area contributed by atoms with E-state index in [9.17, 15) is 4.79 Å². The standard InChI is InChI=1S/C6H5NO2.CHNS/c8-6(9)5-2-1-3-7-4-5;2-1-3/h1-4H,(H,8,9);3H. The maximum atomic E-state index is 10.2. The van der Waals surface area contributed by atoms with Gasteiger partial charge in [-0.05, 0) is 12.1 Å². The Hall–Kier alpha value is -1.54. The van der Waals surface area contributed by atoms with Gasteiger partial charge in [0.15, 0.2) is 0 Å². The number of nitrogens with zero attached hydrogens (tertiary/aromatic N) is 2. The van der Waals surface area contributed by atoms with Crippen molar-refractivity contribution < 1.29 is 9.90 Å². The lowest BCUT2D eigenvalue weighted by molar-refractivity contribution is 0.0696. The SMILES string of the molecule is N#CS.O=C(O)c1cccnc1. The number of rotatable bonds is 1. The first-order chi connectivity index (χ1) is 5.72. The molecule has 0 aromatic carbocycles. The van der Waals surface area contributed by atoms with Crippen molar-refractivity contribution in [1.29, 1.82) is 5.26 Å². The zero-order valence-corrected chi connectivity index (χ0v) is 6.90. The minimum Gasteiger partial charge on any atom is -0.478 e. The van der Waals surface area contributed by atoms with E-state index in [-0.39, 0.29) is 5.56 Å². The summed E-state index contributed by atoms with van der Waals surface area (Å²) >= 11 is 3.09. The maximum Gasteiger partial charge on any atom is 0.337 e. The molecule has 1 aromatic heterocycles. The summed E-state index contributed by atoms with van der Waals surface area (Å²) in [7, 11) is 0. The second-order valence-electron chi connectivity index (χ2n) is 1.65. The van der Waals surface area contributed by atoms with Crippen LogP contribution in [0.4, 0.5) is 0 Å². The van der Waals surface area contributed by atoms with Gasteiger partial charge in [0.05, 0.1) is 5.56 Å². The summed E-state index contributed by atoms with van der Waals surface area (Å²) in [5.41, 5.74) is 0.220. The molecule has 62 valence electrons. The van der Waals surface area contributed by atoms with Gasteiger partial charge in [0.1, 0.15) is 5.40 Å². The van der Waals surface area contributed by atoms with Crippen LogP contribution in [0.1, 0.15) is 10.4 Å². The van der Waals surface area contributed by atoms with Gasteiger partial charge >= 0.3 is 5.97 Å². The Morgan fingerprint density at radius 1 is 1.75 bits per heavy atom. The molecule has 1 aromatic rings. The van der Waals surface area contributed by atoms with E-state index in [0.717, 1.165) is 0 Å². The molecule has 0 aliphatic rings. The predicted octanol–water partition coefficient (Wildman–Crippen LogP) is 1.18. The zero-order chi connectivity index (χ0) is 9.40. The number of aromatic carboxylic acids is 1. The maximum absolute atomic E-state index is 10.2. The molecule has 0 amide bonds. The normalized spacial score (nSPS) is 7.33. The third-order valence-corrected chi connectivity index (χ3v) is 0.908. The average molecular weight is 182 g/mol. The van der Waals surface area contributed by atoms with E-state index in [1.807, 2.05) is 0 Å². The van der Waals surface area contributed by atoms with Gasteiger partial charge in [-0.2, -0.15) is 5.26 Å². The van der Waals surface area contributed by atoms with E-state index in [1.54, 1.807) is 6.07 Å². The van der Waals surface area contributed by atoms with Crippen molar-refractivity contribution in [2.24, 2.45) is 0 Å². The van der Waals surface area contributed by atoms with Crippen LogP contribution in [-0.2, 0) is 0 Å². The summed E-state index contributed by atoms with van der Waals surface area (Å²) in [6.07, 6.45) is 2.84. The number of hydrogen-bond acceptors (Lipinski definition) is 4. The van der Waals surface area contributed by atoms with Gasteiger partial charge in [0.25, 0.3) is 0 Å². The van der Waals surface area contributed by atoms with Gasteiger partial charge in [-0.1, -0.05) is 12.6 Å². The first-order valence-corrected chi connectivity index (χ1v) is 3.33. The Bertz CT molecular complexity index is 281.